The molecule has 132 valence electrons. The van der Waals surface area contributed by atoms with Crippen LogP contribution in [0.3, 0.4) is 0 Å². The summed E-state index contributed by atoms with van der Waals surface area (Å²) in [7, 11) is 1.64. The summed E-state index contributed by atoms with van der Waals surface area (Å²) in [6.07, 6.45) is 4.54. The molecule has 0 spiro atoms. The zero-order valence-electron chi connectivity index (χ0n) is 14.5. The predicted molar refractivity (Wildman–Crippen MR) is 94.6 cm³/mol. The van der Waals surface area contributed by atoms with E-state index in [1.807, 2.05) is 4.90 Å². The van der Waals surface area contributed by atoms with Gasteiger partial charge in [-0.1, -0.05) is 18.2 Å². The van der Waals surface area contributed by atoms with Gasteiger partial charge in [0.25, 0.3) is 0 Å². The number of carbonyl (C=O) groups excluding carboxylic acids is 1. The fourth-order valence-electron chi connectivity index (χ4n) is 3.95. The Labute approximate surface area is 146 Å². The molecule has 7 nitrogen and oxygen atoms in total. The van der Waals surface area contributed by atoms with Crippen LogP contribution in [0.4, 0.5) is 5.69 Å². The fourth-order valence-corrected chi connectivity index (χ4v) is 3.95. The highest BCUT2D eigenvalue weighted by Gasteiger charge is 2.32. The van der Waals surface area contributed by atoms with E-state index in [9.17, 15) is 9.59 Å². The van der Waals surface area contributed by atoms with Crippen LogP contribution in [0.2, 0.25) is 0 Å². The molecule has 0 bridgehead atoms. The fraction of sp³-hybridized carbons (Fsp3) is 0.500. The standard InChI is InChI=1S/C18H23N5O2/c1-20-13-19-23(18(20)25)12-17(24)22-9-4-6-15(22)11-21-10-8-14-5-2-3-7-16(14)21/h2-3,5,7,13,15H,4,6,8-12H2,1H3. The normalized spacial score (nSPS) is 19.5. The molecule has 0 N–H and O–H groups in total. The van der Waals surface area contributed by atoms with Crippen molar-refractivity contribution < 1.29 is 4.79 Å². The highest BCUT2D eigenvalue weighted by atomic mass is 16.2. The average molecular weight is 341 g/mol. The van der Waals surface area contributed by atoms with Crippen LogP contribution in [0.5, 0.6) is 0 Å². The lowest BCUT2D eigenvalue weighted by Gasteiger charge is -2.30. The number of likely N-dealkylation sites (tertiary alicyclic amines) is 1. The molecule has 4 rings (SSSR count). The van der Waals surface area contributed by atoms with Crippen molar-refractivity contribution >= 4 is 11.6 Å². The number of nitrogens with zero attached hydrogens (tertiary/aromatic N) is 5. The number of anilines is 1. The minimum atomic E-state index is -0.252. The van der Waals surface area contributed by atoms with Gasteiger partial charge in [-0.05, 0) is 30.9 Å². The molecule has 0 saturated carbocycles. The number of para-hydroxylation sites is 1. The van der Waals surface area contributed by atoms with Gasteiger partial charge in [0, 0.05) is 38.4 Å². The number of hydrogen-bond acceptors (Lipinski definition) is 4. The molecule has 1 amide bonds. The summed E-state index contributed by atoms with van der Waals surface area (Å²) in [6.45, 7) is 2.66. The number of rotatable bonds is 4. The van der Waals surface area contributed by atoms with Gasteiger partial charge < -0.3 is 9.80 Å². The Morgan fingerprint density at radius 3 is 2.92 bits per heavy atom. The van der Waals surface area contributed by atoms with Crippen molar-refractivity contribution in [1.29, 1.82) is 0 Å². The minimum Gasteiger partial charge on any atom is -0.369 e. The molecule has 0 aliphatic carbocycles. The monoisotopic (exact) mass is 341 g/mol. The summed E-state index contributed by atoms with van der Waals surface area (Å²) in [5.74, 6) is -0.0178. The van der Waals surface area contributed by atoms with Gasteiger partial charge in [-0.2, -0.15) is 5.10 Å². The Bertz CT molecular complexity index is 840. The van der Waals surface area contributed by atoms with Crippen LogP contribution in [-0.2, 0) is 24.8 Å². The lowest BCUT2D eigenvalue weighted by atomic mass is 10.1. The summed E-state index contributed by atoms with van der Waals surface area (Å²) >= 11 is 0. The van der Waals surface area contributed by atoms with E-state index in [-0.39, 0.29) is 24.2 Å². The SMILES string of the molecule is Cn1cnn(CC(=O)N2CCCC2CN2CCc3ccccc32)c1=O. The van der Waals surface area contributed by atoms with Gasteiger partial charge in [0.05, 0.1) is 0 Å². The number of benzene rings is 1. The van der Waals surface area contributed by atoms with Gasteiger partial charge in [0.1, 0.15) is 12.9 Å². The Hall–Kier alpha value is -2.57. The zero-order chi connectivity index (χ0) is 17.4. The van der Waals surface area contributed by atoms with Gasteiger partial charge in [-0.25, -0.2) is 9.48 Å². The van der Waals surface area contributed by atoms with E-state index in [4.69, 9.17) is 0 Å². The third-order valence-electron chi connectivity index (χ3n) is 5.28. The summed E-state index contributed by atoms with van der Waals surface area (Å²) in [4.78, 5) is 28.9. The quantitative estimate of drug-likeness (QED) is 0.819. The molecular weight excluding hydrogens is 318 g/mol. The second kappa shape index (κ2) is 6.38. The lowest BCUT2D eigenvalue weighted by Crippen LogP contribution is -2.45. The minimum absolute atomic E-state index is 0.0178. The summed E-state index contributed by atoms with van der Waals surface area (Å²) in [6, 6.07) is 8.70. The number of amides is 1. The van der Waals surface area contributed by atoms with E-state index < -0.39 is 0 Å². The van der Waals surface area contributed by atoms with Crippen molar-refractivity contribution in [3.8, 4) is 0 Å². The molecule has 1 saturated heterocycles. The van der Waals surface area contributed by atoms with E-state index in [2.05, 4.69) is 34.3 Å². The first-order valence-corrected chi connectivity index (χ1v) is 8.84. The maximum atomic E-state index is 12.7. The molecule has 3 heterocycles. The molecule has 1 aromatic carbocycles. The molecule has 7 heteroatoms. The summed E-state index contributed by atoms with van der Waals surface area (Å²) in [5, 5.41) is 3.99. The number of aromatic nitrogens is 3. The van der Waals surface area contributed by atoms with Crippen LogP contribution in [-0.4, -0.2) is 50.8 Å². The van der Waals surface area contributed by atoms with Crippen molar-refractivity contribution in [2.45, 2.75) is 31.8 Å². The topological polar surface area (TPSA) is 63.4 Å². The maximum absolute atomic E-state index is 12.7. The van der Waals surface area contributed by atoms with Crippen LogP contribution < -0.4 is 10.6 Å². The molecule has 1 unspecified atom stereocenters. The van der Waals surface area contributed by atoms with Crippen molar-refractivity contribution in [1.82, 2.24) is 19.2 Å². The molecule has 1 atom stereocenters. The van der Waals surface area contributed by atoms with E-state index in [0.717, 1.165) is 38.9 Å². The lowest BCUT2D eigenvalue weighted by molar-refractivity contribution is -0.132. The molecule has 2 aliphatic heterocycles. The van der Waals surface area contributed by atoms with Crippen molar-refractivity contribution in [2.75, 3.05) is 24.5 Å². The summed E-state index contributed by atoms with van der Waals surface area (Å²) < 4.78 is 2.62. The third kappa shape index (κ3) is 2.94. The Kier molecular flexibility index (Phi) is 4.07. The molecule has 2 aromatic rings. The Morgan fingerprint density at radius 2 is 2.12 bits per heavy atom. The highest BCUT2D eigenvalue weighted by Crippen LogP contribution is 2.29. The Balaban J connectivity index is 1.45. The van der Waals surface area contributed by atoms with Crippen molar-refractivity contribution in [2.24, 2.45) is 7.05 Å². The highest BCUT2D eigenvalue weighted by molar-refractivity contribution is 5.76. The molecule has 0 radical (unpaired) electrons. The first kappa shape index (κ1) is 15.9. The van der Waals surface area contributed by atoms with Crippen molar-refractivity contribution in [3.63, 3.8) is 0 Å². The second-order valence-corrected chi connectivity index (χ2v) is 6.89. The first-order valence-electron chi connectivity index (χ1n) is 8.84. The molecular formula is C18H23N5O2. The first-order chi connectivity index (χ1) is 12.1. The number of carbonyl (C=O) groups is 1. The zero-order valence-corrected chi connectivity index (χ0v) is 14.5. The van der Waals surface area contributed by atoms with Gasteiger partial charge in [-0.3, -0.25) is 9.36 Å². The second-order valence-electron chi connectivity index (χ2n) is 6.89. The molecule has 1 aromatic heterocycles. The van der Waals surface area contributed by atoms with E-state index in [1.165, 1.54) is 26.8 Å². The predicted octanol–water partition coefficient (Wildman–Crippen LogP) is 0.635. The van der Waals surface area contributed by atoms with Crippen LogP contribution >= 0.6 is 0 Å². The molecule has 1 fully saturated rings. The smallest absolute Gasteiger partial charge is 0.345 e. The largest absolute Gasteiger partial charge is 0.369 e. The van der Waals surface area contributed by atoms with Crippen LogP contribution in [0.15, 0.2) is 35.4 Å². The van der Waals surface area contributed by atoms with E-state index in [1.54, 1.807) is 7.05 Å². The van der Waals surface area contributed by atoms with Crippen LogP contribution in [0, 0.1) is 0 Å². The van der Waals surface area contributed by atoms with Gasteiger partial charge in [-0.15, -0.1) is 0 Å². The average Bonchev–Trinajstić information content (AvgIpc) is 3.32. The Morgan fingerprint density at radius 1 is 1.28 bits per heavy atom. The summed E-state index contributed by atoms with van der Waals surface area (Å²) in [5.41, 5.74) is 2.43. The van der Waals surface area contributed by atoms with Gasteiger partial charge in [0.15, 0.2) is 0 Å². The maximum Gasteiger partial charge on any atom is 0.345 e. The third-order valence-corrected chi connectivity index (χ3v) is 5.28. The van der Waals surface area contributed by atoms with Crippen molar-refractivity contribution in [3.05, 3.63) is 46.6 Å². The van der Waals surface area contributed by atoms with Gasteiger partial charge >= 0.3 is 5.69 Å². The van der Waals surface area contributed by atoms with Crippen LogP contribution in [0.25, 0.3) is 0 Å². The number of aryl methyl sites for hydroxylation is 1. The number of fused-ring (bicyclic) bond motifs is 1. The molecule has 2 aliphatic rings. The van der Waals surface area contributed by atoms with Gasteiger partial charge in [0.2, 0.25) is 5.91 Å². The van der Waals surface area contributed by atoms with E-state index in [0.29, 0.717) is 0 Å². The van der Waals surface area contributed by atoms with E-state index >= 15 is 0 Å². The van der Waals surface area contributed by atoms with Crippen LogP contribution in [0.1, 0.15) is 18.4 Å². The number of hydrogen-bond donors (Lipinski definition) is 0. The molecule has 25 heavy (non-hydrogen) atoms.